The lowest BCUT2D eigenvalue weighted by atomic mass is 10.1. The van der Waals surface area contributed by atoms with Gasteiger partial charge in [-0.15, -0.1) is 11.3 Å². The number of rotatable bonds is 5. The van der Waals surface area contributed by atoms with E-state index in [9.17, 15) is 0 Å². The molecule has 98 valence electrons. The van der Waals surface area contributed by atoms with Crippen LogP contribution in [-0.2, 0) is 6.42 Å². The molecule has 0 fully saturated rings. The highest BCUT2D eigenvalue weighted by Crippen LogP contribution is 2.35. The van der Waals surface area contributed by atoms with E-state index < -0.39 is 0 Å². The molecule has 5 heteroatoms. The summed E-state index contributed by atoms with van der Waals surface area (Å²) >= 11 is 13.5. The van der Waals surface area contributed by atoms with Gasteiger partial charge in [0, 0.05) is 18.5 Å². The van der Waals surface area contributed by atoms with E-state index >= 15 is 0 Å². The van der Waals surface area contributed by atoms with Crippen LogP contribution in [0.4, 0.5) is 0 Å². The number of thiophene rings is 1. The molecule has 0 bridgehead atoms. The molecule has 0 aliphatic rings. The molecule has 0 amide bonds. The smallest absolute Gasteiger partial charge is 0.105 e. The van der Waals surface area contributed by atoms with Gasteiger partial charge in [-0.25, -0.2) is 0 Å². The Hall–Kier alpha value is -0.480. The maximum absolute atomic E-state index is 6.14. The molecule has 2 heterocycles. The van der Waals surface area contributed by atoms with Crippen molar-refractivity contribution in [3.63, 3.8) is 0 Å². The third kappa shape index (κ3) is 3.51. The van der Waals surface area contributed by atoms with E-state index in [-0.39, 0.29) is 6.04 Å². The van der Waals surface area contributed by atoms with Gasteiger partial charge in [0.15, 0.2) is 0 Å². The molecule has 0 saturated carbocycles. The fraction of sp³-hybridized carbons (Fsp3) is 0.385. The Morgan fingerprint density at radius 3 is 2.72 bits per heavy atom. The van der Waals surface area contributed by atoms with Crippen LogP contribution >= 0.6 is 34.5 Å². The second-order valence-corrected chi connectivity index (χ2v) is 6.64. The number of hydrogen-bond acceptors (Lipinski definition) is 3. The van der Waals surface area contributed by atoms with Gasteiger partial charge in [-0.3, -0.25) is 0 Å². The van der Waals surface area contributed by atoms with Gasteiger partial charge in [-0.1, -0.05) is 23.2 Å². The average molecular weight is 304 g/mol. The number of halogens is 2. The van der Waals surface area contributed by atoms with E-state index in [1.807, 2.05) is 18.2 Å². The largest absolute Gasteiger partial charge is 0.469 e. The molecule has 2 atom stereocenters. The van der Waals surface area contributed by atoms with Crippen LogP contribution in [0, 0.1) is 0 Å². The molecule has 1 N–H and O–H groups in total. The summed E-state index contributed by atoms with van der Waals surface area (Å²) in [6.07, 6.45) is 2.55. The molecule has 0 saturated heterocycles. The molecular weight excluding hydrogens is 289 g/mol. The van der Waals surface area contributed by atoms with Crippen LogP contribution < -0.4 is 5.32 Å². The van der Waals surface area contributed by atoms with Crippen molar-refractivity contribution in [2.75, 3.05) is 0 Å². The zero-order valence-electron chi connectivity index (χ0n) is 10.2. The van der Waals surface area contributed by atoms with Crippen molar-refractivity contribution in [1.82, 2.24) is 5.32 Å². The highest BCUT2D eigenvalue weighted by molar-refractivity contribution is 7.20. The Balaban J connectivity index is 1.94. The Bertz CT molecular complexity index is 495. The van der Waals surface area contributed by atoms with Gasteiger partial charge < -0.3 is 9.73 Å². The Morgan fingerprint density at radius 1 is 1.39 bits per heavy atom. The van der Waals surface area contributed by atoms with Crippen molar-refractivity contribution >= 4 is 34.5 Å². The topological polar surface area (TPSA) is 25.2 Å². The van der Waals surface area contributed by atoms with Gasteiger partial charge in [-0.05, 0) is 37.6 Å². The average Bonchev–Trinajstić information content (AvgIpc) is 2.88. The fourth-order valence-electron chi connectivity index (χ4n) is 1.95. The molecule has 2 aromatic rings. The molecule has 18 heavy (non-hydrogen) atoms. The van der Waals surface area contributed by atoms with Crippen LogP contribution in [0.2, 0.25) is 8.67 Å². The summed E-state index contributed by atoms with van der Waals surface area (Å²) in [4.78, 5) is 0. The quantitative estimate of drug-likeness (QED) is 0.847. The minimum Gasteiger partial charge on any atom is -0.469 e. The van der Waals surface area contributed by atoms with Crippen molar-refractivity contribution in [2.24, 2.45) is 0 Å². The lowest BCUT2D eigenvalue weighted by Crippen LogP contribution is -2.30. The molecule has 0 spiro atoms. The molecule has 0 aromatic carbocycles. The maximum atomic E-state index is 6.14. The van der Waals surface area contributed by atoms with E-state index in [4.69, 9.17) is 27.6 Å². The van der Waals surface area contributed by atoms with E-state index in [0.29, 0.717) is 6.04 Å². The minimum atomic E-state index is 0.172. The fourth-order valence-corrected chi connectivity index (χ4v) is 3.60. The predicted molar refractivity (Wildman–Crippen MR) is 77.8 cm³/mol. The zero-order valence-corrected chi connectivity index (χ0v) is 12.6. The predicted octanol–water partition coefficient (Wildman–Crippen LogP) is 4.93. The van der Waals surface area contributed by atoms with Gasteiger partial charge in [0.1, 0.15) is 5.76 Å². The molecule has 0 aliphatic carbocycles. The van der Waals surface area contributed by atoms with Gasteiger partial charge in [-0.2, -0.15) is 0 Å². The summed E-state index contributed by atoms with van der Waals surface area (Å²) < 4.78 is 6.81. The summed E-state index contributed by atoms with van der Waals surface area (Å²) in [5.74, 6) is 0.983. The van der Waals surface area contributed by atoms with Gasteiger partial charge in [0.05, 0.1) is 14.9 Å². The SMILES string of the molecule is CC(Cc1ccco1)NC(C)c1cc(Cl)sc1Cl. The van der Waals surface area contributed by atoms with Crippen LogP contribution in [0.3, 0.4) is 0 Å². The summed E-state index contributed by atoms with van der Waals surface area (Å²) in [6, 6.07) is 6.29. The standard InChI is InChI=1S/C13H15Cl2NOS/c1-8(6-10-4-3-5-17-10)16-9(2)11-7-12(14)18-13(11)15/h3-5,7-9,16H,6H2,1-2H3. The number of nitrogens with one attached hydrogen (secondary N) is 1. The van der Waals surface area contributed by atoms with Crippen molar-refractivity contribution in [3.8, 4) is 0 Å². The van der Waals surface area contributed by atoms with Crippen LogP contribution in [0.25, 0.3) is 0 Å². The monoisotopic (exact) mass is 303 g/mol. The highest BCUT2D eigenvalue weighted by atomic mass is 35.5. The van der Waals surface area contributed by atoms with E-state index in [1.54, 1.807) is 6.26 Å². The summed E-state index contributed by atoms with van der Waals surface area (Å²) in [7, 11) is 0. The van der Waals surface area contributed by atoms with Crippen LogP contribution in [-0.4, -0.2) is 6.04 Å². The van der Waals surface area contributed by atoms with Crippen molar-refractivity contribution in [2.45, 2.75) is 32.4 Å². The second kappa shape index (κ2) is 6.11. The Labute approximate surface area is 121 Å². The number of hydrogen-bond donors (Lipinski definition) is 1. The lowest BCUT2D eigenvalue weighted by Gasteiger charge is -2.19. The van der Waals surface area contributed by atoms with Crippen molar-refractivity contribution in [1.29, 1.82) is 0 Å². The molecule has 0 radical (unpaired) electrons. The first-order valence-corrected chi connectivity index (χ1v) is 7.36. The summed E-state index contributed by atoms with van der Waals surface area (Å²) in [5, 5.41) is 3.49. The first kappa shape index (κ1) is 13.9. The van der Waals surface area contributed by atoms with Crippen molar-refractivity contribution in [3.05, 3.63) is 44.5 Å². The van der Waals surface area contributed by atoms with Crippen molar-refractivity contribution < 1.29 is 4.42 Å². The molecular formula is C13H15Cl2NOS. The van der Waals surface area contributed by atoms with E-state index in [2.05, 4.69) is 19.2 Å². The molecule has 2 rings (SSSR count). The zero-order chi connectivity index (χ0) is 13.1. The van der Waals surface area contributed by atoms with Crippen LogP contribution in [0.1, 0.15) is 31.2 Å². The van der Waals surface area contributed by atoms with Gasteiger partial charge in [0.2, 0.25) is 0 Å². The molecule has 2 aromatic heterocycles. The first-order valence-electron chi connectivity index (χ1n) is 5.79. The number of furan rings is 1. The molecule has 2 nitrogen and oxygen atoms in total. The minimum absolute atomic E-state index is 0.172. The molecule has 2 unspecified atom stereocenters. The summed E-state index contributed by atoms with van der Waals surface area (Å²) in [6.45, 7) is 4.21. The third-order valence-corrected chi connectivity index (χ3v) is 4.29. The highest BCUT2D eigenvalue weighted by Gasteiger charge is 2.16. The lowest BCUT2D eigenvalue weighted by molar-refractivity contribution is 0.429. The Morgan fingerprint density at radius 2 is 2.17 bits per heavy atom. The van der Waals surface area contributed by atoms with Crippen LogP contribution in [0.5, 0.6) is 0 Å². The normalized spacial score (nSPS) is 14.7. The van der Waals surface area contributed by atoms with E-state index in [1.165, 1.54) is 11.3 Å². The Kier molecular flexibility index (Phi) is 4.73. The summed E-state index contributed by atoms with van der Waals surface area (Å²) in [5.41, 5.74) is 1.05. The third-order valence-electron chi connectivity index (χ3n) is 2.77. The molecule has 0 aliphatic heterocycles. The maximum Gasteiger partial charge on any atom is 0.105 e. The van der Waals surface area contributed by atoms with Gasteiger partial charge in [0.25, 0.3) is 0 Å². The second-order valence-electron chi connectivity index (χ2n) is 4.35. The van der Waals surface area contributed by atoms with E-state index in [0.717, 1.165) is 26.4 Å². The van der Waals surface area contributed by atoms with Gasteiger partial charge >= 0.3 is 0 Å². The van der Waals surface area contributed by atoms with Crippen LogP contribution in [0.15, 0.2) is 28.9 Å². The first-order chi connectivity index (χ1) is 8.56.